The second kappa shape index (κ2) is 5.06. The van der Waals surface area contributed by atoms with E-state index in [-0.39, 0.29) is 21.4 Å². The molecule has 0 bridgehead atoms. The molecule has 1 heterocycles. The Kier molecular flexibility index (Phi) is 3.63. The Morgan fingerprint density at radius 1 is 1.21 bits per heavy atom. The molecule has 0 saturated heterocycles. The van der Waals surface area contributed by atoms with Crippen molar-refractivity contribution < 1.29 is 17.9 Å². The van der Waals surface area contributed by atoms with Crippen molar-refractivity contribution in [3.63, 3.8) is 0 Å². The summed E-state index contributed by atoms with van der Waals surface area (Å²) >= 11 is 5.92. The smallest absolute Gasteiger partial charge is 0.288 e. The number of aromatic nitrogens is 3. The van der Waals surface area contributed by atoms with Gasteiger partial charge < -0.3 is 9.47 Å². The first-order chi connectivity index (χ1) is 9.00. The summed E-state index contributed by atoms with van der Waals surface area (Å²) in [5.41, 5.74) is 0. The average Bonchev–Trinajstić information content (AvgIpc) is 2.92. The van der Waals surface area contributed by atoms with Crippen molar-refractivity contribution in [3.05, 3.63) is 29.8 Å². The Bertz CT molecular complexity index is 685. The molecule has 0 aliphatic carbocycles. The van der Waals surface area contributed by atoms with Crippen LogP contribution in [0.15, 0.2) is 29.7 Å². The van der Waals surface area contributed by atoms with Crippen LogP contribution in [0, 0.1) is 0 Å². The molecule has 0 saturated carbocycles. The molecule has 0 aliphatic rings. The standard InChI is InChI=1S/C10H10ClN3O4S/c1-17-8-4-10(9(18-2)3-7(8)11)19(15,16)14-6-12-5-13-14/h3-6H,1-2H3. The number of rotatable bonds is 4. The number of nitrogens with zero attached hydrogens (tertiary/aromatic N) is 3. The number of benzene rings is 1. The van der Waals surface area contributed by atoms with E-state index in [0.717, 1.165) is 16.7 Å². The van der Waals surface area contributed by atoms with Crippen LogP contribution in [-0.4, -0.2) is 36.8 Å². The number of ether oxygens (including phenoxy) is 2. The van der Waals surface area contributed by atoms with Gasteiger partial charge in [-0.15, -0.1) is 9.19 Å². The van der Waals surface area contributed by atoms with Crippen LogP contribution in [0.2, 0.25) is 5.02 Å². The molecule has 2 aromatic rings. The zero-order valence-corrected chi connectivity index (χ0v) is 11.6. The Balaban J connectivity index is 2.68. The summed E-state index contributed by atoms with van der Waals surface area (Å²) in [6.07, 6.45) is 2.20. The third kappa shape index (κ3) is 2.36. The van der Waals surface area contributed by atoms with Crippen LogP contribution in [0.5, 0.6) is 11.5 Å². The quantitative estimate of drug-likeness (QED) is 0.843. The molecule has 1 aromatic carbocycles. The van der Waals surface area contributed by atoms with Crippen molar-refractivity contribution in [1.29, 1.82) is 0 Å². The Morgan fingerprint density at radius 2 is 1.89 bits per heavy atom. The Morgan fingerprint density at radius 3 is 2.42 bits per heavy atom. The molecule has 0 amide bonds. The third-order valence-electron chi connectivity index (χ3n) is 2.36. The minimum absolute atomic E-state index is 0.0984. The minimum atomic E-state index is -3.91. The first-order valence-electron chi connectivity index (χ1n) is 5.02. The van der Waals surface area contributed by atoms with Crippen molar-refractivity contribution >= 4 is 21.6 Å². The van der Waals surface area contributed by atoms with Gasteiger partial charge in [-0.2, -0.15) is 8.42 Å². The summed E-state index contributed by atoms with van der Waals surface area (Å²) in [5.74, 6) is 0.322. The fourth-order valence-electron chi connectivity index (χ4n) is 1.46. The molecule has 1 aromatic heterocycles. The van der Waals surface area contributed by atoms with E-state index >= 15 is 0 Å². The van der Waals surface area contributed by atoms with Crippen LogP contribution in [0.25, 0.3) is 0 Å². The van der Waals surface area contributed by atoms with Gasteiger partial charge in [0.05, 0.1) is 19.2 Å². The van der Waals surface area contributed by atoms with Gasteiger partial charge in [0.15, 0.2) is 0 Å². The largest absolute Gasteiger partial charge is 0.495 e. The summed E-state index contributed by atoms with van der Waals surface area (Å²) in [6, 6.07) is 2.64. The fraction of sp³-hybridized carbons (Fsp3) is 0.200. The van der Waals surface area contributed by atoms with Crippen LogP contribution >= 0.6 is 11.6 Å². The monoisotopic (exact) mass is 303 g/mol. The molecule has 0 aliphatic heterocycles. The average molecular weight is 304 g/mol. The zero-order valence-electron chi connectivity index (χ0n) is 10.1. The Labute approximate surface area is 114 Å². The first kappa shape index (κ1) is 13.6. The summed E-state index contributed by atoms with van der Waals surface area (Å²) in [6.45, 7) is 0. The van der Waals surface area contributed by atoms with Crippen LogP contribution < -0.4 is 9.47 Å². The summed E-state index contributed by atoms with van der Waals surface area (Å²) in [5, 5.41) is 3.85. The lowest BCUT2D eigenvalue weighted by atomic mass is 10.3. The number of hydrogen-bond acceptors (Lipinski definition) is 6. The van der Waals surface area contributed by atoms with Gasteiger partial charge in [0.2, 0.25) is 0 Å². The van der Waals surface area contributed by atoms with Gasteiger partial charge in [-0.05, 0) is 0 Å². The van der Waals surface area contributed by atoms with Crippen LogP contribution in [-0.2, 0) is 10.0 Å². The lowest BCUT2D eigenvalue weighted by molar-refractivity contribution is 0.392. The van der Waals surface area contributed by atoms with E-state index in [1.165, 1.54) is 26.4 Å². The van der Waals surface area contributed by atoms with Crippen molar-refractivity contribution in [3.8, 4) is 11.5 Å². The van der Waals surface area contributed by atoms with Crippen LogP contribution in [0.3, 0.4) is 0 Å². The summed E-state index contributed by atoms with van der Waals surface area (Å²) in [4.78, 5) is 3.49. The number of methoxy groups -OCH3 is 2. The molecule has 7 nitrogen and oxygen atoms in total. The molecule has 0 spiro atoms. The molecular formula is C10H10ClN3O4S. The van der Waals surface area contributed by atoms with Gasteiger partial charge in [0, 0.05) is 12.1 Å². The van der Waals surface area contributed by atoms with E-state index in [2.05, 4.69) is 10.1 Å². The normalized spacial score (nSPS) is 11.3. The van der Waals surface area contributed by atoms with Gasteiger partial charge >= 0.3 is 0 Å². The van der Waals surface area contributed by atoms with E-state index in [4.69, 9.17) is 21.1 Å². The second-order valence-electron chi connectivity index (χ2n) is 3.41. The second-order valence-corrected chi connectivity index (χ2v) is 5.58. The van der Waals surface area contributed by atoms with Gasteiger partial charge in [0.1, 0.15) is 29.0 Å². The van der Waals surface area contributed by atoms with Gasteiger partial charge in [-0.25, -0.2) is 4.98 Å². The maximum absolute atomic E-state index is 12.3. The van der Waals surface area contributed by atoms with Crippen LogP contribution in [0.4, 0.5) is 0 Å². The minimum Gasteiger partial charge on any atom is -0.495 e. The molecular weight excluding hydrogens is 294 g/mol. The summed E-state index contributed by atoms with van der Waals surface area (Å²) in [7, 11) is -1.17. The molecule has 0 fully saturated rings. The van der Waals surface area contributed by atoms with Gasteiger partial charge in [0.25, 0.3) is 10.0 Å². The highest BCUT2D eigenvalue weighted by atomic mass is 35.5. The highest BCUT2D eigenvalue weighted by molar-refractivity contribution is 7.90. The first-order valence-corrected chi connectivity index (χ1v) is 6.84. The number of halogens is 1. The predicted octanol–water partition coefficient (Wildman–Crippen LogP) is 1.19. The maximum Gasteiger partial charge on any atom is 0.288 e. The molecule has 0 radical (unpaired) electrons. The van der Waals surface area contributed by atoms with E-state index in [1.54, 1.807) is 0 Å². The summed E-state index contributed by atoms with van der Waals surface area (Å²) < 4.78 is 35.4. The van der Waals surface area contributed by atoms with Crippen molar-refractivity contribution in [2.45, 2.75) is 4.90 Å². The third-order valence-corrected chi connectivity index (χ3v) is 4.21. The van der Waals surface area contributed by atoms with Crippen molar-refractivity contribution in [2.24, 2.45) is 0 Å². The van der Waals surface area contributed by atoms with Crippen molar-refractivity contribution in [1.82, 2.24) is 14.2 Å². The molecule has 0 unspecified atom stereocenters. The van der Waals surface area contributed by atoms with Gasteiger partial charge in [-0.1, -0.05) is 11.6 Å². The van der Waals surface area contributed by atoms with E-state index in [1.807, 2.05) is 0 Å². The highest BCUT2D eigenvalue weighted by Crippen LogP contribution is 2.35. The van der Waals surface area contributed by atoms with E-state index in [0.29, 0.717) is 0 Å². The SMILES string of the molecule is COc1cc(S(=O)(=O)n2cncn2)c(OC)cc1Cl. The molecule has 2 rings (SSSR count). The van der Waals surface area contributed by atoms with Gasteiger partial charge in [-0.3, -0.25) is 0 Å². The molecule has 19 heavy (non-hydrogen) atoms. The molecule has 9 heteroatoms. The number of hydrogen-bond donors (Lipinski definition) is 0. The van der Waals surface area contributed by atoms with E-state index < -0.39 is 10.0 Å². The zero-order chi connectivity index (χ0) is 14.0. The van der Waals surface area contributed by atoms with E-state index in [9.17, 15) is 8.42 Å². The van der Waals surface area contributed by atoms with Crippen LogP contribution in [0.1, 0.15) is 0 Å². The lowest BCUT2D eigenvalue weighted by Crippen LogP contribution is -2.14. The Hall–Kier alpha value is -1.80. The molecule has 102 valence electrons. The molecule has 0 N–H and O–H groups in total. The molecule has 0 atom stereocenters. The lowest BCUT2D eigenvalue weighted by Gasteiger charge is -2.12. The highest BCUT2D eigenvalue weighted by Gasteiger charge is 2.24. The van der Waals surface area contributed by atoms with Crippen molar-refractivity contribution in [2.75, 3.05) is 14.2 Å². The topological polar surface area (TPSA) is 83.3 Å². The fourth-order valence-corrected chi connectivity index (χ4v) is 2.89. The predicted molar refractivity (Wildman–Crippen MR) is 67.2 cm³/mol. The maximum atomic E-state index is 12.3.